The Hall–Kier alpha value is -1.75. The van der Waals surface area contributed by atoms with Crippen molar-refractivity contribution >= 4 is 39.4 Å². The van der Waals surface area contributed by atoms with Crippen molar-refractivity contribution in [1.82, 2.24) is 14.9 Å². The molecule has 0 aliphatic rings. The molecule has 0 saturated heterocycles. The lowest BCUT2D eigenvalue weighted by atomic mass is 10.2. The van der Waals surface area contributed by atoms with E-state index in [1.54, 1.807) is 4.57 Å². The van der Waals surface area contributed by atoms with E-state index in [0.717, 1.165) is 23.3 Å². The van der Waals surface area contributed by atoms with Crippen molar-refractivity contribution in [2.75, 3.05) is 18.9 Å². The minimum atomic E-state index is -4.56. The summed E-state index contributed by atoms with van der Waals surface area (Å²) in [7, 11) is 0. The molecule has 0 fully saturated rings. The summed E-state index contributed by atoms with van der Waals surface area (Å²) in [6, 6.07) is 0. The van der Waals surface area contributed by atoms with E-state index in [-0.39, 0.29) is 12.1 Å². The van der Waals surface area contributed by atoms with E-state index in [1.807, 2.05) is 20.8 Å². The predicted octanol–water partition coefficient (Wildman–Crippen LogP) is 4.26. The summed E-state index contributed by atoms with van der Waals surface area (Å²) in [4.78, 5) is 30.5. The molecule has 2 rings (SSSR count). The highest BCUT2D eigenvalue weighted by Gasteiger charge is 2.29. The van der Waals surface area contributed by atoms with Gasteiger partial charge in [-0.2, -0.15) is 13.2 Å². The number of amides is 1. The highest BCUT2D eigenvalue weighted by atomic mass is 32.2. The molecule has 6 nitrogen and oxygen atoms in total. The van der Waals surface area contributed by atoms with Gasteiger partial charge in [-0.15, -0.1) is 11.3 Å². The number of hydrogen-bond acceptors (Lipinski definition) is 6. The van der Waals surface area contributed by atoms with Gasteiger partial charge in [0.25, 0.3) is 5.56 Å². The number of nitrogens with one attached hydrogen (secondary N) is 1. The standard InChI is InChI=1S/C17H22F3N3O3S2/c1-4-5-7-23-14(24)12-10(2)11(3)28-13(12)22-15(23)27-8-6-21-16(25)26-9-17(18,19)20/h4-9H2,1-3H3,(H,21,25). The van der Waals surface area contributed by atoms with Crippen LogP contribution >= 0.6 is 23.1 Å². The van der Waals surface area contributed by atoms with E-state index < -0.39 is 18.9 Å². The van der Waals surface area contributed by atoms with E-state index in [9.17, 15) is 22.8 Å². The van der Waals surface area contributed by atoms with E-state index in [4.69, 9.17) is 0 Å². The molecule has 0 spiro atoms. The summed E-state index contributed by atoms with van der Waals surface area (Å²) in [6.45, 7) is 4.88. The minimum Gasteiger partial charge on any atom is -0.440 e. The highest BCUT2D eigenvalue weighted by Crippen LogP contribution is 2.28. The van der Waals surface area contributed by atoms with Crippen LogP contribution in [-0.4, -0.2) is 40.7 Å². The second kappa shape index (κ2) is 9.64. The lowest BCUT2D eigenvalue weighted by molar-refractivity contribution is -0.160. The first-order chi connectivity index (χ1) is 13.1. The fourth-order valence-corrected chi connectivity index (χ4v) is 4.38. The van der Waals surface area contributed by atoms with Crippen molar-refractivity contribution in [2.45, 2.75) is 51.5 Å². The van der Waals surface area contributed by atoms with Crippen molar-refractivity contribution in [2.24, 2.45) is 0 Å². The van der Waals surface area contributed by atoms with Crippen LogP contribution in [0.5, 0.6) is 0 Å². The molecule has 0 aliphatic carbocycles. The zero-order valence-corrected chi connectivity index (χ0v) is 17.4. The zero-order valence-electron chi connectivity index (χ0n) is 15.8. The molecular weight excluding hydrogens is 415 g/mol. The van der Waals surface area contributed by atoms with Crippen molar-refractivity contribution < 1.29 is 22.7 Å². The second-order valence-electron chi connectivity index (χ2n) is 6.13. The quantitative estimate of drug-likeness (QED) is 0.380. The van der Waals surface area contributed by atoms with Crippen LogP contribution in [0.4, 0.5) is 18.0 Å². The monoisotopic (exact) mass is 437 g/mol. The Morgan fingerprint density at radius 3 is 2.71 bits per heavy atom. The van der Waals surface area contributed by atoms with Crippen molar-refractivity contribution in [3.05, 3.63) is 20.8 Å². The Labute approximate surface area is 168 Å². The van der Waals surface area contributed by atoms with Gasteiger partial charge in [-0.25, -0.2) is 9.78 Å². The molecule has 0 bridgehead atoms. The van der Waals surface area contributed by atoms with Crippen LogP contribution in [0, 0.1) is 13.8 Å². The summed E-state index contributed by atoms with van der Waals surface area (Å²) in [5.41, 5.74) is 0.855. The lowest BCUT2D eigenvalue weighted by Crippen LogP contribution is -2.30. The highest BCUT2D eigenvalue weighted by molar-refractivity contribution is 7.99. The van der Waals surface area contributed by atoms with Gasteiger partial charge in [0, 0.05) is 23.7 Å². The van der Waals surface area contributed by atoms with Crippen molar-refractivity contribution in [3.8, 4) is 0 Å². The number of hydrogen-bond donors (Lipinski definition) is 1. The molecule has 0 saturated carbocycles. The van der Waals surface area contributed by atoms with Crippen molar-refractivity contribution in [1.29, 1.82) is 0 Å². The van der Waals surface area contributed by atoms with Gasteiger partial charge in [-0.05, 0) is 25.8 Å². The first-order valence-electron chi connectivity index (χ1n) is 8.74. The fourth-order valence-electron chi connectivity index (χ4n) is 2.43. The molecule has 11 heteroatoms. The number of ether oxygens (including phenoxy) is 1. The van der Waals surface area contributed by atoms with E-state index in [0.29, 0.717) is 27.7 Å². The van der Waals surface area contributed by atoms with Crippen LogP contribution < -0.4 is 10.9 Å². The van der Waals surface area contributed by atoms with E-state index in [2.05, 4.69) is 15.0 Å². The lowest BCUT2D eigenvalue weighted by Gasteiger charge is -2.12. The number of aryl methyl sites for hydroxylation is 2. The molecule has 28 heavy (non-hydrogen) atoms. The number of carbonyl (C=O) groups excluding carboxylic acids is 1. The van der Waals surface area contributed by atoms with Crippen LogP contribution in [0.3, 0.4) is 0 Å². The maximum atomic E-state index is 12.9. The van der Waals surface area contributed by atoms with Gasteiger partial charge in [0.1, 0.15) is 4.83 Å². The average molecular weight is 438 g/mol. The molecule has 0 radical (unpaired) electrons. The summed E-state index contributed by atoms with van der Waals surface area (Å²) in [6.07, 6.45) is -3.94. The number of alkyl halides is 3. The third-order valence-electron chi connectivity index (χ3n) is 3.96. The van der Waals surface area contributed by atoms with Crippen LogP contribution in [0.15, 0.2) is 9.95 Å². The first-order valence-corrected chi connectivity index (χ1v) is 10.5. The molecule has 1 N–H and O–H groups in total. The molecule has 2 aromatic rings. The number of fused-ring (bicyclic) bond motifs is 1. The van der Waals surface area contributed by atoms with Gasteiger partial charge in [0.15, 0.2) is 11.8 Å². The number of unbranched alkanes of at least 4 members (excludes halogenated alkanes) is 1. The smallest absolute Gasteiger partial charge is 0.422 e. The number of carbonyl (C=O) groups is 1. The van der Waals surface area contributed by atoms with Gasteiger partial charge in [0.2, 0.25) is 0 Å². The Kier molecular flexibility index (Phi) is 7.76. The Bertz CT molecular complexity index is 894. The minimum absolute atomic E-state index is 0.0830. The molecule has 2 aromatic heterocycles. The Morgan fingerprint density at radius 1 is 1.36 bits per heavy atom. The third kappa shape index (κ3) is 5.87. The van der Waals surface area contributed by atoms with Crippen LogP contribution in [0.25, 0.3) is 10.2 Å². The topological polar surface area (TPSA) is 73.2 Å². The molecule has 0 aromatic carbocycles. The summed E-state index contributed by atoms with van der Waals surface area (Å²) < 4.78 is 41.8. The molecule has 0 unspecified atom stereocenters. The third-order valence-corrected chi connectivity index (χ3v) is 6.04. The van der Waals surface area contributed by atoms with Gasteiger partial charge >= 0.3 is 12.3 Å². The Morgan fingerprint density at radius 2 is 2.07 bits per heavy atom. The van der Waals surface area contributed by atoms with Gasteiger partial charge in [0.05, 0.1) is 5.39 Å². The largest absolute Gasteiger partial charge is 0.440 e. The Balaban J connectivity index is 2.07. The van der Waals surface area contributed by atoms with E-state index in [1.165, 1.54) is 23.1 Å². The number of halogens is 3. The van der Waals surface area contributed by atoms with Crippen molar-refractivity contribution in [3.63, 3.8) is 0 Å². The zero-order chi connectivity index (χ0) is 20.9. The predicted molar refractivity (Wildman–Crippen MR) is 104 cm³/mol. The summed E-state index contributed by atoms with van der Waals surface area (Å²) in [5.74, 6) is 0.342. The molecule has 2 heterocycles. The second-order valence-corrected chi connectivity index (χ2v) is 8.40. The molecule has 0 aliphatic heterocycles. The summed E-state index contributed by atoms with van der Waals surface area (Å²) in [5, 5.41) is 3.43. The summed E-state index contributed by atoms with van der Waals surface area (Å²) >= 11 is 2.73. The molecular formula is C17H22F3N3O3S2. The molecule has 156 valence electrons. The number of nitrogens with zero attached hydrogens (tertiary/aromatic N) is 2. The normalized spacial score (nSPS) is 11.8. The maximum Gasteiger partial charge on any atom is 0.422 e. The number of thioether (sulfide) groups is 1. The molecule has 0 atom stereocenters. The number of thiophene rings is 1. The van der Waals surface area contributed by atoms with Gasteiger partial charge in [-0.1, -0.05) is 25.1 Å². The van der Waals surface area contributed by atoms with Crippen LogP contribution in [-0.2, 0) is 11.3 Å². The van der Waals surface area contributed by atoms with Crippen LogP contribution in [0.1, 0.15) is 30.2 Å². The number of rotatable bonds is 8. The van der Waals surface area contributed by atoms with Gasteiger partial charge in [-0.3, -0.25) is 9.36 Å². The molecule has 1 amide bonds. The van der Waals surface area contributed by atoms with E-state index >= 15 is 0 Å². The average Bonchev–Trinajstić information content (AvgIpc) is 2.90. The van der Waals surface area contributed by atoms with Gasteiger partial charge < -0.3 is 10.1 Å². The fraction of sp³-hybridized carbons (Fsp3) is 0.588. The SMILES string of the molecule is CCCCn1c(SCCNC(=O)OCC(F)(F)F)nc2sc(C)c(C)c2c1=O. The maximum absolute atomic E-state index is 12.9. The number of alkyl carbamates (subject to hydrolysis) is 1. The first kappa shape index (κ1) is 22.5. The number of aromatic nitrogens is 2. The van der Waals surface area contributed by atoms with Crippen LogP contribution in [0.2, 0.25) is 0 Å².